The number of rotatable bonds is 1. The van der Waals surface area contributed by atoms with Gasteiger partial charge in [-0.15, -0.1) is 0 Å². The number of hydrogen-bond acceptors (Lipinski definition) is 2. The molecule has 13 heavy (non-hydrogen) atoms. The van der Waals surface area contributed by atoms with Gasteiger partial charge < -0.3 is 5.73 Å². The number of nitrogens with two attached hydrogens (primary N) is 1. The first-order valence-corrected chi connectivity index (χ1v) is 4.30. The van der Waals surface area contributed by atoms with E-state index in [1.165, 1.54) is 5.57 Å². The molecule has 66 valence electrons. The van der Waals surface area contributed by atoms with Gasteiger partial charge in [0.05, 0.1) is 11.0 Å². The molecule has 0 aliphatic carbocycles. The SMILES string of the molecule is CC(C)=C/C=c1/cc(N)cc2c1=N2. The minimum absolute atomic E-state index is 0.786. The third kappa shape index (κ3) is 1.61. The quantitative estimate of drug-likeness (QED) is 0.646. The van der Waals surface area contributed by atoms with E-state index in [-0.39, 0.29) is 0 Å². The fourth-order valence-electron chi connectivity index (χ4n) is 1.24. The summed E-state index contributed by atoms with van der Waals surface area (Å²) in [6.07, 6.45) is 4.13. The maximum absolute atomic E-state index is 5.70. The third-order valence-electron chi connectivity index (χ3n) is 1.92. The summed E-state index contributed by atoms with van der Waals surface area (Å²) in [6, 6.07) is 3.85. The predicted octanol–water partition coefficient (Wildman–Crippen LogP) is 1.28. The molecule has 0 saturated carbocycles. The molecule has 2 nitrogen and oxygen atoms in total. The number of allylic oxidation sites excluding steroid dienone is 2. The van der Waals surface area contributed by atoms with E-state index in [2.05, 4.69) is 31.0 Å². The minimum atomic E-state index is 0.786. The smallest absolute Gasteiger partial charge is 0.0968 e. The van der Waals surface area contributed by atoms with Crippen molar-refractivity contribution in [3.63, 3.8) is 0 Å². The average molecular weight is 172 g/mol. The first kappa shape index (κ1) is 8.05. The van der Waals surface area contributed by atoms with E-state index in [1.54, 1.807) is 0 Å². The van der Waals surface area contributed by atoms with E-state index >= 15 is 0 Å². The molecule has 1 aromatic carbocycles. The molecule has 0 bridgehead atoms. The highest BCUT2D eigenvalue weighted by molar-refractivity contribution is 5.59. The molecule has 0 amide bonds. The van der Waals surface area contributed by atoms with Gasteiger partial charge in [-0.25, -0.2) is 4.99 Å². The van der Waals surface area contributed by atoms with Crippen LogP contribution >= 0.6 is 0 Å². The van der Waals surface area contributed by atoms with Crippen LogP contribution in [0.1, 0.15) is 13.8 Å². The van der Waals surface area contributed by atoms with Gasteiger partial charge in [-0.2, -0.15) is 0 Å². The van der Waals surface area contributed by atoms with Crippen molar-refractivity contribution >= 4 is 17.5 Å². The Morgan fingerprint density at radius 3 is 2.85 bits per heavy atom. The van der Waals surface area contributed by atoms with Gasteiger partial charge in [-0.3, -0.25) is 0 Å². The zero-order chi connectivity index (χ0) is 9.42. The van der Waals surface area contributed by atoms with Gasteiger partial charge in [0.25, 0.3) is 0 Å². The fourth-order valence-corrected chi connectivity index (χ4v) is 1.24. The Labute approximate surface area is 77.1 Å². The van der Waals surface area contributed by atoms with Crippen molar-refractivity contribution < 1.29 is 0 Å². The normalized spacial score (nSPS) is 13.2. The van der Waals surface area contributed by atoms with Crippen LogP contribution in [0.25, 0.3) is 6.08 Å². The van der Waals surface area contributed by atoms with Crippen LogP contribution in [0.3, 0.4) is 0 Å². The Morgan fingerprint density at radius 2 is 2.15 bits per heavy atom. The van der Waals surface area contributed by atoms with Gasteiger partial charge in [-0.1, -0.05) is 17.7 Å². The molecule has 2 rings (SSSR count). The van der Waals surface area contributed by atoms with Gasteiger partial charge in [0, 0.05) is 10.9 Å². The highest BCUT2D eigenvalue weighted by Gasteiger charge is 2.08. The third-order valence-corrected chi connectivity index (χ3v) is 1.92. The van der Waals surface area contributed by atoms with Crippen LogP contribution in [0.5, 0.6) is 0 Å². The number of nitrogen functional groups attached to an aromatic ring is 1. The summed E-state index contributed by atoms with van der Waals surface area (Å²) in [4.78, 5) is 4.21. The summed E-state index contributed by atoms with van der Waals surface area (Å²) in [5.74, 6) is 0. The van der Waals surface area contributed by atoms with Crippen LogP contribution in [0.4, 0.5) is 11.4 Å². The number of fused-ring (bicyclic) bond motifs is 1. The van der Waals surface area contributed by atoms with Crippen molar-refractivity contribution in [1.29, 1.82) is 0 Å². The van der Waals surface area contributed by atoms with E-state index in [1.807, 2.05) is 12.1 Å². The lowest BCUT2D eigenvalue weighted by molar-refractivity contribution is 1.40. The minimum Gasteiger partial charge on any atom is -0.399 e. The summed E-state index contributed by atoms with van der Waals surface area (Å²) in [6.45, 7) is 4.14. The number of nitrogens with zero attached hydrogens (tertiary/aromatic N) is 1. The van der Waals surface area contributed by atoms with Crippen molar-refractivity contribution in [1.82, 2.24) is 0 Å². The van der Waals surface area contributed by atoms with Gasteiger partial charge in [-0.05, 0) is 26.0 Å². The predicted molar refractivity (Wildman–Crippen MR) is 55.2 cm³/mol. The Kier molecular flexibility index (Phi) is 1.69. The molecule has 2 heteroatoms. The molecule has 0 aromatic heterocycles. The lowest BCUT2D eigenvalue weighted by Crippen LogP contribution is -2.16. The van der Waals surface area contributed by atoms with Gasteiger partial charge >= 0.3 is 0 Å². The van der Waals surface area contributed by atoms with Crippen molar-refractivity contribution in [2.75, 3.05) is 5.73 Å². The number of anilines is 1. The topological polar surface area (TPSA) is 38.4 Å². The van der Waals surface area contributed by atoms with Crippen LogP contribution in [-0.4, -0.2) is 0 Å². The van der Waals surface area contributed by atoms with Crippen LogP contribution in [0.15, 0.2) is 28.8 Å². The van der Waals surface area contributed by atoms with Crippen molar-refractivity contribution in [3.05, 3.63) is 34.4 Å². The second kappa shape index (κ2) is 2.73. The second-order valence-corrected chi connectivity index (χ2v) is 3.50. The Morgan fingerprint density at radius 1 is 1.38 bits per heavy atom. The van der Waals surface area contributed by atoms with Crippen LogP contribution < -0.4 is 16.3 Å². The molecule has 0 fully saturated rings. The summed E-state index contributed by atoms with van der Waals surface area (Å²) in [5, 5.41) is 2.21. The molecule has 0 unspecified atom stereocenters. The molecule has 0 spiro atoms. The monoisotopic (exact) mass is 172 g/mol. The van der Waals surface area contributed by atoms with Gasteiger partial charge in [0.1, 0.15) is 0 Å². The van der Waals surface area contributed by atoms with E-state index in [0.29, 0.717) is 0 Å². The van der Waals surface area contributed by atoms with Crippen LogP contribution in [-0.2, 0) is 0 Å². The van der Waals surface area contributed by atoms with Crippen molar-refractivity contribution in [2.24, 2.45) is 4.99 Å². The summed E-state index contributed by atoms with van der Waals surface area (Å²) in [7, 11) is 0. The molecule has 1 aliphatic rings. The standard InChI is InChI=1S/C11H12N2/c1-7(2)3-4-8-5-9(12)6-10-11(8)13-10/h3-6H,12H2,1-2H3/b8-4-. The number of hydrogen-bond donors (Lipinski definition) is 1. The highest BCUT2D eigenvalue weighted by Crippen LogP contribution is 2.14. The lowest BCUT2D eigenvalue weighted by Gasteiger charge is -1.87. The maximum atomic E-state index is 5.70. The van der Waals surface area contributed by atoms with Crippen molar-refractivity contribution in [3.8, 4) is 0 Å². The second-order valence-electron chi connectivity index (χ2n) is 3.50. The summed E-state index contributed by atoms with van der Waals surface area (Å²) < 4.78 is 0. The first-order chi connectivity index (χ1) is 6.16. The molecule has 0 atom stereocenters. The van der Waals surface area contributed by atoms with Gasteiger partial charge in [0.2, 0.25) is 0 Å². The van der Waals surface area contributed by atoms with E-state index < -0.39 is 0 Å². The Balaban J connectivity index is 2.54. The maximum Gasteiger partial charge on any atom is 0.0968 e. The Hall–Kier alpha value is -1.57. The molecule has 1 aliphatic heterocycles. The molecular weight excluding hydrogens is 160 g/mol. The zero-order valence-corrected chi connectivity index (χ0v) is 7.83. The molecule has 1 heterocycles. The molecular formula is C11H12N2. The highest BCUT2D eigenvalue weighted by atomic mass is 14.9. The molecule has 1 aromatic rings. The lowest BCUT2D eigenvalue weighted by atomic mass is 10.2. The summed E-state index contributed by atoms with van der Waals surface area (Å²) in [5.41, 5.74) is 8.79. The largest absolute Gasteiger partial charge is 0.399 e. The van der Waals surface area contributed by atoms with E-state index in [9.17, 15) is 0 Å². The average Bonchev–Trinajstić information content (AvgIpc) is 2.78. The zero-order valence-electron chi connectivity index (χ0n) is 7.83. The molecule has 0 saturated heterocycles. The number of benzene rings is 1. The first-order valence-electron chi connectivity index (χ1n) is 4.30. The van der Waals surface area contributed by atoms with E-state index in [4.69, 9.17) is 5.73 Å². The molecule has 0 radical (unpaired) electrons. The van der Waals surface area contributed by atoms with Crippen LogP contribution in [0, 0.1) is 0 Å². The summed E-state index contributed by atoms with van der Waals surface area (Å²) >= 11 is 0. The van der Waals surface area contributed by atoms with Crippen LogP contribution in [0.2, 0.25) is 0 Å². The fraction of sp³-hybridized carbons (Fsp3) is 0.182. The van der Waals surface area contributed by atoms with Gasteiger partial charge in [0.15, 0.2) is 0 Å². The van der Waals surface area contributed by atoms with Crippen molar-refractivity contribution in [2.45, 2.75) is 13.8 Å². The Bertz CT molecular complexity index is 491. The van der Waals surface area contributed by atoms with E-state index in [0.717, 1.165) is 22.0 Å². The molecule has 2 N–H and O–H groups in total.